The number of fused-ring (bicyclic) bond motifs is 1. The van der Waals surface area contributed by atoms with E-state index in [-0.39, 0.29) is 17.6 Å². The quantitative estimate of drug-likeness (QED) is 0.582. The van der Waals surface area contributed by atoms with Gasteiger partial charge in [-0.3, -0.25) is 14.9 Å². The predicted octanol–water partition coefficient (Wildman–Crippen LogP) is 3.79. The zero-order valence-corrected chi connectivity index (χ0v) is 13.5. The lowest BCUT2D eigenvalue weighted by atomic mass is 9.96. The van der Waals surface area contributed by atoms with Gasteiger partial charge in [0, 0.05) is 47.8 Å². The van der Waals surface area contributed by atoms with E-state index in [0.29, 0.717) is 13.0 Å². The smallest absolute Gasteiger partial charge is 0.269 e. The monoisotopic (exact) mass is 335 g/mol. The zero-order valence-electron chi connectivity index (χ0n) is 13.5. The Morgan fingerprint density at radius 1 is 1.12 bits per heavy atom. The maximum atomic E-state index is 12.4. The summed E-state index contributed by atoms with van der Waals surface area (Å²) in [6, 6.07) is 14.2. The van der Waals surface area contributed by atoms with Gasteiger partial charge in [-0.25, -0.2) is 0 Å². The van der Waals surface area contributed by atoms with Crippen LogP contribution >= 0.6 is 0 Å². The summed E-state index contributed by atoms with van der Waals surface area (Å²) in [5, 5.41) is 12.0. The van der Waals surface area contributed by atoms with Crippen molar-refractivity contribution in [2.24, 2.45) is 0 Å². The second-order valence-corrected chi connectivity index (χ2v) is 6.23. The first-order valence-corrected chi connectivity index (χ1v) is 8.25. The molecular formula is C19H17N3O3. The molecule has 2 heterocycles. The number of rotatable bonds is 4. The van der Waals surface area contributed by atoms with E-state index in [1.165, 1.54) is 12.1 Å². The summed E-state index contributed by atoms with van der Waals surface area (Å²) in [4.78, 5) is 28.1. The van der Waals surface area contributed by atoms with Crippen molar-refractivity contribution in [3.05, 3.63) is 76.0 Å². The van der Waals surface area contributed by atoms with E-state index in [0.717, 1.165) is 28.5 Å². The van der Waals surface area contributed by atoms with E-state index in [1.807, 2.05) is 35.4 Å². The van der Waals surface area contributed by atoms with Crippen LogP contribution in [0.25, 0.3) is 10.9 Å². The molecule has 1 aromatic heterocycles. The average molecular weight is 335 g/mol. The number of H-pyrrole nitrogens is 1. The molecule has 6 heteroatoms. The zero-order chi connectivity index (χ0) is 17.4. The number of non-ortho nitro benzene ring substituents is 1. The molecule has 1 aliphatic rings. The SMILES string of the molecule is O=C1CCCN1C(c1ccc([N+](=O)[O-])cc1)c1c[nH]c2ccccc12. The average Bonchev–Trinajstić information content (AvgIpc) is 3.23. The molecule has 0 aliphatic carbocycles. The number of amides is 1. The molecule has 0 radical (unpaired) electrons. The third-order valence-electron chi connectivity index (χ3n) is 4.76. The molecule has 1 atom stereocenters. The fourth-order valence-corrected chi connectivity index (χ4v) is 3.57. The molecule has 0 saturated carbocycles. The van der Waals surface area contributed by atoms with Crippen LogP contribution in [0.2, 0.25) is 0 Å². The summed E-state index contributed by atoms with van der Waals surface area (Å²) >= 11 is 0. The summed E-state index contributed by atoms with van der Waals surface area (Å²) in [7, 11) is 0. The predicted molar refractivity (Wildman–Crippen MR) is 94.2 cm³/mol. The Balaban J connectivity index is 1.84. The molecular weight excluding hydrogens is 318 g/mol. The number of hydrogen-bond donors (Lipinski definition) is 1. The van der Waals surface area contributed by atoms with Crippen LogP contribution in [0, 0.1) is 10.1 Å². The summed E-state index contributed by atoms with van der Waals surface area (Å²) < 4.78 is 0. The van der Waals surface area contributed by atoms with Crippen molar-refractivity contribution in [3.8, 4) is 0 Å². The van der Waals surface area contributed by atoms with Crippen molar-refractivity contribution in [3.63, 3.8) is 0 Å². The number of benzene rings is 2. The van der Waals surface area contributed by atoms with E-state index in [1.54, 1.807) is 12.1 Å². The third-order valence-corrected chi connectivity index (χ3v) is 4.76. The van der Waals surface area contributed by atoms with Crippen molar-refractivity contribution in [2.75, 3.05) is 6.54 Å². The number of likely N-dealkylation sites (tertiary alicyclic amines) is 1. The molecule has 2 aromatic carbocycles. The van der Waals surface area contributed by atoms with Gasteiger partial charge in [0.2, 0.25) is 5.91 Å². The number of carbonyl (C=O) groups excluding carboxylic acids is 1. The Labute approximate surface area is 144 Å². The van der Waals surface area contributed by atoms with E-state index in [4.69, 9.17) is 0 Å². The van der Waals surface area contributed by atoms with Crippen LogP contribution in [0.5, 0.6) is 0 Å². The number of nitrogens with zero attached hydrogens (tertiary/aromatic N) is 2. The normalized spacial score (nSPS) is 15.7. The highest BCUT2D eigenvalue weighted by atomic mass is 16.6. The topological polar surface area (TPSA) is 79.2 Å². The van der Waals surface area contributed by atoms with Crippen LogP contribution in [-0.2, 0) is 4.79 Å². The number of nitro groups is 1. The van der Waals surface area contributed by atoms with Gasteiger partial charge in [0.1, 0.15) is 0 Å². The van der Waals surface area contributed by atoms with Crippen LogP contribution in [0.3, 0.4) is 0 Å². The second kappa shape index (κ2) is 6.05. The van der Waals surface area contributed by atoms with E-state index in [9.17, 15) is 14.9 Å². The number of aromatic amines is 1. The summed E-state index contributed by atoms with van der Waals surface area (Å²) in [5.41, 5.74) is 2.95. The number of hydrogen-bond acceptors (Lipinski definition) is 3. The van der Waals surface area contributed by atoms with Gasteiger partial charge in [0.05, 0.1) is 11.0 Å². The number of nitro benzene ring substituents is 1. The molecule has 3 aromatic rings. The second-order valence-electron chi connectivity index (χ2n) is 6.23. The van der Waals surface area contributed by atoms with E-state index >= 15 is 0 Å². The maximum absolute atomic E-state index is 12.4. The maximum Gasteiger partial charge on any atom is 0.269 e. The first-order chi connectivity index (χ1) is 12.1. The largest absolute Gasteiger partial charge is 0.361 e. The van der Waals surface area contributed by atoms with Gasteiger partial charge in [0.15, 0.2) is 0 Å². The van der Waals surface area contributed by atoms with E-state index in [2.05, 4.69) is 4.98 Å². The van der Waals surface area contributed by atoms with Crippen LogP contribution in [0.4, 0.5) is 5.69 Å². The van der Waals surface area contributed by atoms with Crippen molar-refractivity contribution >= 4 is 22.5 Å². The fraction of sp³-hybridized carbons (Fsp3) is 0.211. The highest BCUT2D eigenvalue weighted by Gasteiger charge is 2.31. The Bertz CT molecular complexity index is 946. The van der Waals surface area contributed by atoms with Gasteiger partial charge in [-0.1, -0.05) is 18.2 Å². The molecule has 6 nitrogen and oxygen atoms in total. The Morgan fingerprint density at radius 3 is 2.56 bits per heavy atom. The third kappa shape index (κ3) is 2.65. The lowest BCUT2D eigenvalue weighted by molar-refractivity contribution is -0.384. The number of para-hydroxylation sites is 1. The summed E-state index contributed by atoms with van der Waals surface area (Å²) in [6.07, 6.45) is 3.32. The molecule has 1 aliphatic heterocycles. The minimum atomic E-state index is -0.411. The first kappa shape index (κ1) is 15.4. The van der Waals surface area contributed by atoms with Crippen LogP contribution in [0.1, 0.15) is 30.0 Å². The lowest BCUT2D eigenvalue weighted by Gasteiger charge is -2.28. The Kier molecular flexibility index (Phi) is 3.72. The highest BCUT2D eigenvalue weighted by molar-refractivity contribution is 5.86. The summed E-state index contributed by atoms with van der Waals surface area (Å²) in [6.45, 7) is 0.694. The van der Waals surface area contributed by atoms with Crippen LogP contribution in [-0.4, -0.2) is 27.3 Å². The van der Waals surface area contributed by atoms with Gasteiger partial charge in [-0.2, -0.15) is 0 Å². The molecule has 1 unspecified atom stereocenters. The van der Waals surface area contributed by atoms with Gasteiger partial charge in [-0.05, 0) is 30.2 Å². The molecule has 0 bridgehead atoms. The van der Waals surface area contributed by atoms with Crippen LogP contribution < -0.4 is 0 Å². The van der Waals surface area contributed by atoms with Crippen molar-refractivity contribution in [1.82, 2.24) is 9.88 Å². The summed E-state index contributed by atoms with van der Waals surface area (Å²) in [5.74, 6) is 0.119. The minimum absolute atomic E-state index is 0.0502. The minimum Gasteiger partial charge on any atom is -0.361 e. The number of aromatic nitrogens is 1. The van der Waals surface area contributed by atoms with Gasteiger partial charge < -0.3 is 9.88 Å². The van der Waals surface area contributed by atoms with Crippen molar-refractivity contribution in [1.29, 1.82) is 0 Å². The van der Waals surface area contributed by atoms with Crippen molar-refractivity contribution < 1.29 is 9.72 Å². The number of carbonyl (C=O) groups is 1. The Morgan fingerprint density at radius 2 is 1.88 bits per heavy atom. The number of nitrogens with one attached hydrogen (secondary N) is 1. The van der Waals surface area contributed by atoms with Crippen molar-refractivity contribution in [2.45, 2.75) is 18.9 Å². The molecule has 1 fully saturated rings. The highest BCUT2D eigenvalue weighted by Crippen LogP contribution is 2.36. The van der Waals surface area contributed by atoms with Gasteiger partial charge >= 0.3 is 0 Å². The molecule has 1 amide bonds. The fourth-order valence-electron chi connectivity index (χ4n) is 3.57. The van der Waals surface area contributed by atoms with Gasteiger partial charge in [0.25, 0.3) is 5.69 Å². The first-order valence-electron chi connectivity index (χ1n) is 8.25. The molecule has 4 rings (SSSR count). The van der Waals surface area contributed by atoms with E-state index < -0.39 is 4.92 Å². The van der Waals surface area contributed by atoms with Gasteiger partial charge in [-0.15, -0.1) is 0 Å². The van der Waals surface area contributed by atoms with Crippen LogP contribution in [0.15, 0.2) is 54.7 Å². The lowest BCUT2D eigenvalue weighted by Crippen LogP contribution is -2.30. The molecule has 25 heavy (non-hydrogen) atoms. The molecule has 126 valence electrons. The standard InChI is InChI=1S/C19H17N3O3/c23-18-6-3-11-21(18)19(13-7-9-14(10-8-13)22(24)25)16-12-20-17-5-2-1-4-15(16)17/h1-2,4-5,7-10,12,19-20H,3,6,11H2. The molecule has 0 spiro atoms. The molecule has 1 N–H and O–H groups in total. The Hall–Kier alpha value is -3.15. The molecule has 1 saturated heterocycles.